The van der Waals surface area contributed by atoms with Gasteiger partial charge in [-0.15, -0.1) is 0 Å². The van der Waals surface area contributed by atoms with Crippen molar-refractivity contribution < 1.29 is 19.1 Å². The number of ether oxygens (including phenoxy) is 2. The monoisotopic (exact) mass is 380 g/mol. The molecule has 5 rings (SSSR count). The lowest BCUT2D eigenvalue weighted by Crippen LogP contribution is -2.11. The normalized spacial score (nSPS) is 14.2. The van der Waals surface area contributed by atoms with Crippen LogP contribution >= 0.6 is 0 Å². The van der Waals surface area contributed by atoms with Crippen molar-refractivity contribution in [2.75, 3.05) is 5.73 Å². The lowest BCUT2D eigenvalue weighted by molar-refractivity contribution is -0.128. The van der Waals surface area contributed by atoms with E-state index in [9.17, 15) is 9.59 Å². The number of hydrogen-bond acceptors (Lipinski definition) is 6. The van der Waals surface area contributed by atoms with Crippen LogP contribution < -0.4 is 25.6 Å². The van der Waals surface area contributed by atoms with Crippen molar-refractivity contribution in [2.45, 2.75) is 0 Å². The minimum absolute atomic E-state index is 0.361. The Kier molecular flexibility index (Phi) is 3.52. The van der Waals surface area contributed by atoms with Crippen LogP contribution in [-0.4, -0.2) is 11.9 Å². The summed E-state index contributed by atoms with van der Waals surface area (Å²) in [5, 5.41) is 10.1. The summed E-state index contributed by atoms with van der Waals surface area (Å²) in [5.74, 6) is -0.238. The highest BCUT2D eigenvalue weighted by molar-refractivity contribution is 6.21. The van der Waals surface area contributed by atoms with Crippen LogP contribution in [0.5, 0.6) is 11.5 Å². The van der Waals surface area contributed by atoms with Crippen LogP contribution in [0.2, 0.25) is 0 Å². The van der Waals surface area contributed by atoms with Gasteiger partial charge in [0, 0.05) is 16.1 Å². The number of carbonyl (C=O) groups is 2. The quantitative estimate of drug-likeness (QED) is 0.409. The minimum atomic E-state index is -0.492. The fourth-order valence-corrected chi connectivity index (χ4v) is 3.55. The third-order valence-electron chi connectivity index (χ3n) is 4.94. The first-order valence-corrected chi connectivity index (χ1v) is 8.78. The largest absolute Gasteiger partial charge is 0.422 e. The number of rotatable bonds is 2. The van der Waals surface area contributed by atoms with E-state index >= 15 is 0 Å². The van der Waals surface area contributed by atoms with E-state index < -0.39 is 11.9 Å². The van der Waals surface area contributed by atoms with Gasteiger partial charge in [-0.05, 0) is 47.5 Å². The van der Waals surface area contributed by atoms with Crippen LogP contribution in [0.1, 0.15) is 16.7 Å². The summed E-state index contributed by atoms with van der Waals surface area (Å²) < 4.78 is 10.9. The molecule has 0 amide bonds. The van der Waals surface area contributed by atoms with Gasteiger partial charge in [-0.3, -0.25) is 0 Å². The number of esters is 2. The summed E-state index contributed by atoms with van der Waals surface area (Å²) in [6.07, 6.45) is 0. The molecule has 0 aromatic heterocycles. The van der Waals surface area contributed by atoms with Gasteiger partial charge in [0.25, 0.3) is 0 Å². The Morgan fingerprint density at radius 2 is 1.17 bits per heavy atom. The zero-order chi connectivity index (χ0) is 20.1. The highest BCUT2D eigenvalue weighted by Crippen LogP contribution is 2.27. The van der Waals surface area contributed by atoms with E-state index in [4.69, 9.17) is 20.5 Å². The molecular formula is C23H12N2O4. The maximum atomic E-state index is 12.5. The second-order valence-corrected chi connectivity index (χ2v) is 6.68. The molecule has 0 bridgehead atoms. The van der Waals surface area contributed by atoms with E-state index in [0.717, 1.165) is 0 Å². The molecule has 138 valence electrons. The molecule has 0 saturated heterocycles. The van der Waals surface area contributed by atoms with Gasteiger partial charge < -0.3 is 15.2 Å². The predicted molar refractivity (Wildman–Crippen MR) is 104 cm³/mol. The van der Waals surface area contributed by atoms with Crippen molar-refractivity contribution in [1.82, 2.24) is 0 Å². The number of nitriles is 1. The van der Waals surface area contributed by atoms with Gasteiger partial charge >= 0.3 is 11.9 Å². The van der Waals surface area contributed by atoms with Gasteiger partial charge in [-0.1, -0.05) is 24.3 Å². The smallest absolute Gasteiger partial charge is 0.344 e. The maximum absolute atomic E-state index is 12.5. The maximum Gasteiger partial charge on any atom is 0.344 e. The van der Waals surface area contributed by atoms with Crippen LogP contribution in [0.25, 0.3) is 11.1 Å². The third-order valence-corrected chi connectivity index (χ3v) is 4.94. The summed E-state index contributed by atoms with van der Waals surface area (Å²) in [5.41, 5.74) is 8.86. The Labute approximate surface area is 164 Å². The Bertz CT molecular complexity index is 1380. The SMILES string of the molecule is N#Cc1ccc(C2=c3cc4c(cc3OC2=O)=C(c2ccc(N)cc2)C(=O)O4)cc1. The molecule has 6 heteroatoms. The summed E-state index contributed by atoms with van der Waals surface area (Å²) >= 11 is 0. The van der Waals surface area contributed by atoms with Crippen molar-refractivity contribution in [2.24, 2.45) is 0 Å². The lowest BCUT2D eigenvalue weighted by atomic mass is 10.0. The van der Waals surface area contributed by atoms with Gasteiger partial charge in [-0.2, -0.15) is 5.26 Å². The average molecular weight is 380 g/mol. The topological polar surface area (TPSA) is 102 Å². The zero-order valence-corrected chi connectivity index (χ0v) is 14.9. The van der Waals surface area contributed by atoms with E-state index in [1.807, 2.05) is 6.07 Å². The fraction of sp³-hybridized carbons (Fsp3) is 0. The zero-order valence-electron chi connectivity index (χ0n) is 14.9. The number of nitrogens with two attached hydrogens (primary N) is 1. The Morgan fingerprint density at radius 1 is 0.724 bits per heavy atom. The van der Waals surface area contributed by atoms with Crippen molar-refractivity contribution in [3.05, 3.63) is 87.8 Å². The number of anilines is 1. The summed E-state index contributed by atoms with van der Waals surface area (Å²) in [6, 6.07) is 18.9. The Hall–Kier alpha value is -4.37. The van der Waals surface area contributed by atoms with Crippen LogP contribution in [0, 0.1) is 11.3 Å². The van der Waals surface area contributed by atoms with Crippen LogP contribution in [0.3, 0.4) is 0 Å². The van der Waals surface area contributed by atoms with Gasteiger partial charge in [0.15, 0.2) is 0 Å². The number of hydrogen-bond donors (Lipinski definition) is 1. The third kappa shape index (κ3) is 2.57. The van der Waals surface area contributed by atoms with E-state index in [0.29, 0.717) is 55.5 Å². The fourth-order valence-electron chi connectivity index (χ4n) is 3.55. The first-order valence-electron chi connectivity index (χ1n) is 8.78. The molecule has 2 aliphatic heterocycles. The molecule has 6 nitrogen and oxygen atoms in total. The molecule has 2 N–H and O–H groups in total. The first kappa shape index (κ1) is 16.8. The Balaban J connectivity index is 1.74. The number of nitrogen functional groups attached to an aromatic ring is 1. The summed E-state index contributed by atoms with van der Waals surface area (Å²) in [4.78, 5) is 25.0. The average Bonchev–Trinajstić information content (AvgIpc) is 3.21. The first-order chi connectivity index (χ1) is 14.0. The molecule has 29 heavy (non-hydrogen) atoms. The molecule has 2 aliphatic rings. The van der Waals surface area contributed by atoms with Gasteiger partial charge in [0.2, 0.25) is 0 Å². The van der Waals surface area contributed by atoms with Gasteiger partial charge in [-0.25, -0.2) is 9.59 Å². The van der Waals surface area contributed by atoms with E-state index in [-0.39, 0.29) is 0 Å². The molecule has 0 atom stereocenters. The second kappa shape index (κ2) is 6.08. The van der Waals surface area contributed by atoms with E-state index in [1.54, 1.807) is 60.7 Å². The van der Waals surface area contributed by atoms with Gasteiger partial charge in [0.05, 0.1) is 22.8 Å². The predicted octanol–water partition coefficient (Wildman–Crippen LogP) is 1.38. The van der Waals surface area contributed by atoms with Gasteiger partial charge in [0.1, 0.15) is 11.5 Å². The molecule has 0 spiro atoms. The number of fused-ring (bicyclic) bond motifs is 2. The standard InChI is InChI=1S/C23H12N2O4/c24-11-12-1-3-13(4-2-12)20-16-9-19-17(10-18(16)28-22(20)26)21(23(27)29-19)14-5-7-15(25)8-6-14/h1-10H,25H2. The van der Waals surface area contributed by atoms with Crippen molar-refractivity contribution in [1.29, 1.82) is 5.26 Å². The van der Waals surface area contributed by atoms with Crippen LogP contribution in [0.15, 0.2) is 60.7 Å². The molecule has 0 aliphatic carbocycles. The molecule has 3 aromatic carbocycles. The molecule has 0 unspecified atom stereocenters. The van der Waals surface area contributed by atoms with Crippen molar-refractivity contribution in [3.63, 3.8) is 0 Å². The highest BCUT2D eigenvalue weighted by Gasteiger charge is 2.30. The molecule has 0 saturated carbocycles. The molecule has 0 radical (unpaired) electrons. The molecule has 2 heterocycles. The summed E-state index contributed by atoms with van der Waals surface area (Å²) in [7, 11) is 0. The van der Waals surface area contributed by atoms with Crippen molar-refractivity contribution in [3.8, 4) is 17.6 Å². The molecular weight excluding hydrogens is 368 g/mol. The molecule has 3 aromatic rings. The second-order valence-electron chi connectivity index (χ2n) is 6.68. The summed E-state index contributed by atoms with van der Waals surface area (Å²) in [6.45, 7) is 0. The van der Waals surface area contributed by atoms with E-state index in [1.165, 1.54) is 0 Å². The van der Waals surface area contributed by atoms with Crippen LogP contribution in [0.4, 0.5) is 5.69 Å². The van der Waals surface area contributed by atoms with Crippen LogP contribution in [-0.2, 0) is 9.59 Å². The highest BCUT2D eigenvalue weighted by atomic mass is 16.5. The number of benzene rings is 3. The Morgan fingerprint density at radius 3 is 1.62 bits per heavy atom. The minimum Gasteiger partial charge on any atom is -0.422 e. The van der Waals surface area contributed by atoms with E-state index in [2.05, 4.69) is 0 Å². The van der Waals surface area contributed by atoms with Crippen molar-refractivity contribution >= 4 is 28.8 Å². The lowest BCUT2D eigenvalue weighted by Gasteiger charge is -2.00. The molecule has 0 fully saturated rings. The number of carbonyl (C=O) groups excluding carboxylic acids is 2. The number of nitrogens with zero attached hydrogens (tertiary/aromatic N) is 1.